The van der Waals surface area contributed by atoms with Crippen molar-refractivity contribution in [2.45, 2.75) is 13.1 Å². The van der Waals surface area contributed by atoms with E-state index in [0.717, 1.165) is 17.7 Å². The molecule has 0 fully saturated rings. The van der Waals surface area contributed by atoms with Crippen LogP contribution in [0.25, 0.3) is 10.9 Å². The molecule has 0 aliphatic rings. The van der Waals surface area contributed by atoms with Gasteiger partial charge in [-0.25, -0.2) is 18.6 Å². The minimum atomic E-state index is -4.56. The van der Waals surface area contributed by atoms with Crippen LogP contribution in [0.3, 0.4) is 0 Å². The van der Waals surface area contributed by atoms with Gasteiger partial charge in [-0.2, -0.15) is 17.5 Å². The fourth-order valence-electron chi connectivity index (χ4n) is 3.01. The van der Waals surface area contributed by atoms with Crippen molar-refractivity contribution in [1.82, 2.24) is 15.3 Å². The molecule has 1 heterocycles. The van der Waals surface area contributed by atoms with Gasteiger partial charge in [-0.1, -0.05) is 0 Å². The van der Waals surface area contributed by atoms with E-state index in [4.69, 9.17) is 4.74 Å². The molecular weight excluding hydrogens is 478 g/mol. The highest BCUT2D eigenvalue weighted by molar-refractivity contribution is 7.92. The first-order chi connectivity index (χ1) is 15.8. The lowest BCUT2D eigenvalue weighted by molar-refractivity contribution is -0.139. The maximum absolute atomic E-state index is 13.8. The summed E-state index contributed by atoms with van der Waals surface area (Å²) < 4.78 is 72.1. The molecular formula is C21H21F4N5O3S. The van der Waals surface area contributed by atoms with Crippen molar-refractivity contribution >= 4 is 43.7 Å². The number of fused-ring (bicyclic) bond motifs is 1. The molecule has 2 N–H and O–H groups in total. The summed E-state index contributed by atoms with van der Waals surface area (Å²) in [6.45, 7) is -0.471. The van der Waals surface area contributed by atoms with Crippen molar-refractivity contribution in [1.29, 1.82) is 0 Å². The number of rotatable bonds is 7. The van der Waals surface area contributed by atoms with Crippen LogP contribution in [0.5, 0.6) is 5.75 Å². The van der Waals surface area contributed by atoms with Crippen molar-refractivity contribution in [2.24, 2.45) is 4.36 Å². The molecule has 0 atom stereocenters. The Bertz CT molecular complexity index is 1350. The minimum Gasteiger partial charge on any atom is -0.481 e. The Morgan fingerprint density at radius 3 is 2.59 bits per heavy atom. The van der Waals surface area contributed by atoms with Crippen molar-refractivity contribution in [3.63, 3.8) is 0 Å². The lowest BCUT2D eigenvalue weighted by Gasteiger charge is -2.15. The van der Waals surface area contributed by atoms with E-state index in [2.05, 4.69) is 19.6 Å². The molecule has 8 nitrogen and oxygen atoms in total. The Morgan fingerprint density at radius 1 is 1.18 bits per heavy atom. The number of aromatic nitrogens is 2. The lowest BCUT2D eigenvalue weighted by atomic mass is 10.1. The van der Waals surface area contributed by atoms with Crippen LogP contribution >= 0.6 is 0 Å². The third-order valence-electron chi connectivity index (χ3n) is 4.29. The zero-order valence-corrected chi connectivity index (χ0v) is 19.2. The fraction of sp³-hybridized carbons (Fsp3) is 0.286. The number of amides is 1. The van der Waals surface area contributed by atoms with Crippen LogP contribution in [0.15, 0.2) is 41.0 Å². The van der Waals surface area contributed by atoms with Gasteiger partial charge >= 0.3 is 6.18 Å². The smallest absolute Gasteiger partial charge is 0.405 e. The summed E-state index contributed by atoms with van der Waals surface area (Å²) >= 11 is 0. The second-order valence-corrected chi connectivity index (χ2v) is 10.1. The van der Waals surface area contributed by atoms with Crippen LogP contribution in [0.1, 0.15) is 5.56 Å². The first-order valence-electron chi connectivity index (χ1n) is 9.76. The summed E-state index contributed by atoms with van der Waals surface area (Å²) in [5, 5.41) is 5.28. The SMILES string of the molecule is Cc1cc(N=S(C)(C)=O)cc2ncnc(Nc3ccc(F)cc3OCC(=O)NCC(F)(F)F)c12. The average Bonchev–Trinajstić information content (AvgIpc) is 2.70. The molecule has 3 rings (SSSR count). The number of hydrogen-bond acceptors (Lipinski definition) is 7. The van der Waals surface area contributed by atoms with E-state index >= 15 is 0 Å². The molecule has 0 saturated heterocycles. The van der Waals surface area contributed by atoms with E-state index in [9.17, 15) is 26.6 Å². The molecule has 0 bridgehead atoms. The second-order valence-electron chi connectivity index (χ2n) is 7.60. The monoisotopic (exact) mass is 499 g/mol. The average molecular weight is 499 g/mol. The quantitative estimate of drug-likeness (QED) is 0.471. The van der Waals surface area contributed by atoms with E-state index in [1.165, 1.54) is 24.9 Å². The zero-order valence-electron chi connectivity index (χ0n) is 18.4. The third-order valence-corrected chi connectivity index (χ3v) is 4.94. The van der Waals surface area contributed by atoms with Crippen molar-refractivity contribution < 1.29 is 31.3 Å². The Balaban J connectivity index is 1.89. The van der Waals surface area contributed by atoms with Gasteiger partial charge in [-0.05, 0) is 36.8 Å². The van der Waals surface area contributed by atoms with Crippen molar-refractivity contribution in [3.05, 3.63) is 48.0 Å². The van der Waals surface area contributed by atoms with E-state index in [1.807, 2.05) is 0 Å². The highest BCUT2D eigenvalue weighted by Gasteiger charge is 2.27. The number of carbonyl (C=O) groups is 1. The summed E-state index contributed by atoms with van der Waals surface area (Å²) in [5.41, 5.74) is 1.94. The van der Waals surface area contributed by atoms with E-state index in [-0.39, 0.29) is 11.4 Å². The number of anilines is 2. The van der Waals surface area contributed by atoms with Gasteiger partial charge in [0.1, 0.15) is 30.3 Å². The number of aryl methyl sites for hydroxylation is 1. The number of hydrogen-bond donors (Lipinski definition) is 2. The van der Waals surface area contributed by atoms with Gasteiger partial charge < -0.3 is 15.4 Å². The molecule has 13 heteroatoms. The third kappa shape index (κ3) is 7.01. The summed E-state index contributed by atoms with van der Waals surface area (Å²) in [6, 6.07) is 6.84. The Hall–Kier alpha value is -3.48. The Kier molecular flexibility index (Phi) is 7.24. The molecule has 0 saturated carbocycles. The molecule has 0 unspecified atom stereocenters. The number of benzene rings is 2. The number of nitrogens with one attached hydrogen (secondary N) is 2. The molecule has 1 amide bonds. The van der Waals surface area contributed by atoms with Gasteiger partial charge in [-0.3, -0.25) is 4.79 Å². The van der Waals surface area contributed by atoms with Gasteiger partial charge in [-0.15, -0.1) is 0 Å². The minimum absolute atomic E-state index is 0.102. The van der Waals surface area contributed by atoms with Gasteiger partial charge in [0.2, 0.25) is 0 Å². The molecule has 0 aliphatic heterocycles. The van der Waals surface area contributed by atoms with Crippen LogP contribution in [-0.2, 0) is 14.5 Å². The molecule has 0 spiro atoms. The fourth-order valence-corrected chi connectivity index (χ4v) is 3.63. The predicted octanol–water partition coefficient (Wildman–Crippen LogP) is 4.24. The highest BCUT2D eigenvalue weighted by Crippen LogP contribution is 2.33. The predicted molar refractivity (Wildman–Crippen MR) is 121 cm³/mol. The van der Waals surface area contributed by atoms with Crippen molar-refractivity contribution in [2.75, 3.05) is 31.0 Å². The normalized spacial score (nSPS) is 11.9. The van der Waals surface area contributed by atoms with Crippen LogP contribution in [0.2, 0.25) is 0 Å². The van der Waals surface area contributed by atoms with Crippen LogP contribution in [0, 0.1) is 12.7 Å². The van der Waals surface area contributed by atoms with Gasteiger partial charge in [0.25, 0.3) is 5.91 Å². The van der Waals surface area contributed by atoms with Crippen molar-refractivity contribution in [3.8, 4) is 5.75 Å². The summed E-state index contributed by atoms with van der Waals surface area (Å²) in [4.78, 5) is 20.1. The van der Waals surface area contributed by atoms with Crippen LogP contribution < -0.4 is 15.4 Å². The first kappa shape index (κ1) is 25.1. The van der Waals surface area contributed by atoms with E-state index < -0.39 is 40.8 Å². The molecule has 0 aliphatic carbocycles. The zero-order chi connectivity index (χ0) is 25.1. The van der Waals surface area contributed by atoms with E-state index in [0.29, 0.717) is 22.4 Å². The number of nitrogens with zero attached hydrogens (tertiary/aromatic N) is 3. The largest absolute Gasteiger partial charge is 0.481 e. The van der Waals surface area contributed by atoms with E-state index in [1.54, 1.807) is 24.4 Å². The molecule has 0 radical (unpaired) electrons. The maximum Gasteiger partial charge on any atom is 0.405 e. The molecule has 182 valence electrons. The Morgan fingerprint density at radius 2 is 1.91 bits per heavy atom. The summed E-state index contributed by atoms with van der Waals surface area (Å²) in [6.07, 6.45) is -0.249. The molecule has 1 aromatic heterocycles. The standard InChI is InChI=1S/C21H21F4N5O3S/c1-12-6-14(30-34(2,3)32)8-16-19(12)20(28-11-27-16)29-15-5-4-13(22)7-17(15)33-9-18(31)26-10-21(23,24)25/h4-8,11H,9-10H2,1-3H3,(H,26,31)(H,27,28,29). The molecule has 3 aromatic rings. The number of halogens is 4. The van der Waals surface area contributed by atoms with Gasteiger partial charge in [0.05, 0.1) is 16.9 Å². The summed E-state index contributed by atoms with van der Waals surface area (Å²) in [7, 11) is -2.39. The first-order valence-corrected chi connectivity index (χ1v) is 12.1. The number of alkyl halides is 3. The highest BCUT2D eigenvalue weighted by atomic mass is 32.2. The molecule has 34 heavy (non-hydrogen) atoms. The lowest BCUT2D eigenvalue weighted by Crippen LogP contribution is -2.36. The van der Waals surface area contributed by atoms with Gasteiger partial charge in [0, 0.05) is 33.7 Å². The maximum atomic E-state index is 13.8. The Labute approximate surface area is 192 Å². The second kappa shape index (κ2) is 9.79. The van der Waals surface area contributed by atoms with Gasteiger partial charge in [0.15, 0.2) is 6.61 Å². The number of ether oxygens (including phenoxy) is 1. The molecule has 2 aromatic carbocycles. The van der Waals surface area contributed by atoms with Crippen LogP contribution in [0.4, 0.5) is 34.8 Å². The topological polar surface area (TPSA) is 106 Å². The van der Waals surface area contributed by atoms with Crippen LogP contribution in [-0.4, -0.2) is 51.9 Å². The summed E-state index contributed by atoms with van der Waals surface area (Å²) in [5.74, 6) is -1.46. The number of carbonyl (C=O) groups excluding carboxylic acids is 1.